The molecule has 0 fully saturated rings. The molecule has 4 nitrogen and oxygen atoms in total. The van der Waals surface area contributed by atoms with Crippen LogP contribution in [0.25, 0.3) is 0 Å². The fourth-order valence-electron chi connectivity index (χ4n) is 1.73. The molecule has 8 heteroatoms. The largest absolute Gasteiger partial charge is 0.495 e. The topological polar surface area (TPSA) is 58.6 Å². The van der Waals surface area contributed by atoms with Crippen LogP contribution in [-0.4, -0.2) is 24.3 Å². The molecule has 1 atom stereocenters. The lowest BCUT2D eigenvalue weighted by atomic mass is 9.95. The van der Waals surface area contributed by atoms with E-state index in [9.17, 15) is 23.1 Å². The first-order valence-corrected chi connectivity index (χ1v) is 5.49. The Balaban J connectivity index is 2.67. The standard InChI is InChI=1S/C10H7BrF3NO3/c1-18-7-3-6-4(2-5(7)11)9(17,8(16)15-6)10(12,13)14/h2-3,17H,1H3,(H,15,16)/t9-/m0/s1. The number of alkyl halides is 3. The second-order valence-corrected chi connectivity index (χ2v) is 4.55. The number of benzene rings is 1. The van der Waals surface area contributed by atoms with Gasteiger partial charge in [-0.2, -0.15) is 13.2 Å². The number of hydrogen-bond acceptors (Lipinski definition) is 3. The van der Waals surface area contributed by atoms with Crippen LogP contribution in [0.15, 0.2) is 16.6 Å². The lowest BCUT2D eigenvalue weighted by molar-refractivity contribution is -0.252. The summed E-state index contributed by atoms with van der Waals surface area (Å²) in [6, 6.07) is 2.22. The summed E-state index contributed by atoms with van der Waals surface area (Å²) in [6.07, 6.45) is -5.10. The molecule has 0 saturated heterocycles. The first kappa shape index (κ1) is 13.2. The molecule has 1 aliphatic rings. The zero-order chi connectivity index (χ0) is 13.7. The van der Waals surface area contributed by atoms with Crippen LogP contribution in [0.1, 0.15) is 5.56 Å². The van der Waals surface area contributed by atoms with Gasteiger partial charge in [-0.1, -0.05) is 0 Å². The number of carbonyl (C=O) groups excluding carboxylic acids is 1. The van der Waals surface area contributed by atoms with Crippen LogP contribution in [0.2, 0.25) is 0 Å². The number of amides is 1. The minimum absolute atomic E-state index is 0.125. The van der Waals surface area contributed by atoms with E-state index < -0.39 is 23.2 Å². The number of nitrogens with one attached hydrogen (secondary N) is 1. The number of ether oxygens (including phenoxy) is 1. The highest BCUT2D eigenvalue weighted by Gasteiger charge is 2.64. The van der Waals surface area contributed by atoms with Gasteiger partial charge in [0.25, 0.3) is 11.5 Å². The van der Waals surface area contributed by atoms with Crippen molar-refractivity contribution in [2.75, 3.05) is 12.4 Å². The van der Waals surface area contributed by atoms with E-state index in [0.717, 1.165) is 6.07 Å². The van der Waals surface area contributed by atoms with E-state index in [1.807, 2.05) is 5.32 Å². The van der Waals surface area contributed by atoms with Crippen LogP contribution in [0.4, 0.5) is 18.9 Å². The van der Waals surface area contributed by atoms with E-state index in [1.165, 1.54) is 13.2 Å². The average molecular weight is 326 g/mol. The van der Waals surface area contributed by atoms with E-state index in [0.29, 0.717) is 0 Å². The van der Waals surface area contributed by atoms with Gasteiger partial charge in [0.15, 0.2) is 0 Å². The number of hydrogen-bond donors (Lipinski definition) is 2. The molecule has 0 bridgehead atoms. The van der Waals surface area contributed by atoms with Crippen molar-refractivity contribution in [2.24, 2.45) is 0 Å². The average Bonchev–Trinajstić information content (AvgIpc) is 2.51. The Kier molecular flexibility index (Phi) is 2.82. The number of carbonyl (C=O) groups is 1. The number of halogens is 4. The molecule has 0 radical (unpaired) electrons. The fourth-order valence-corrected chi connectivity index (χ4v) is 2.23. The third-order valence-corrected chi connectivity index (χ3v) is 3.29. The summed E-state index contributed by atoms with van der Waals surface area (Å²) in [6.45, 7) is 0. The third kappa shape index (κ3) is 1.59. The van der Waals surface area contributed by atoms with E-state index in [-0.39, 0.29) is 15.9 Å². The Labute approximate surface area is 108 Å². The highest BCUT2D eigenvalue weighted by molar-refractivity contribution is 9.10. The van der Waals surface area contributed by atoms with E-state index in [4.69, 9.17) is 4.74 Å². The molecule has 1 aromatic rings. The zero-order valence-corrected chi connectivity index (χ0v) is 10.5. The van der Waals surface area contributed by atoms with Gasteiger partial charge in [-0.25, -0.2) is 0 Å². The van der Waals surface area contributed by atoms with Crippen LogP contribution in [0.3, 0.4) is 0 Å². The zero-order valence-electron chi connectivity index (χ0n) is 8.93. The second kappa shape index (κ2) is 3.86. The van der Waals surface area contributed by atoms with Gasteiger partial charge in [-0.05, 0) is 22.0 Å². The van der Waals surface area contributed by atoms with Gasteiger partial charge >= 0.3 is 6.18 Å². The van der Waals surface area contributed by atoms with Crippen LogP contribution in [0.5, 0.6) is 5.75 Å². The lowest BCUT2D eigenvalue weighted by Gasteiger charge is -2.23. The third-order valence-electron chi connectivity index (χ3n) is 2.67. The molecule has 18 heavy (non-hydrogen) atoms. The van der Waals surface area contributed by atoms with Gasteiger partial charge in [-0.3, -0.25) is 4.79 Å². The summed E-state index contributed by atoms with van der Waals surface area (Å²) in [7, 11) is 1.33. The molecule has 1 amide bonds. The molecule has 0 saturated carbocycles. The molecule has 1 aliphatic heterocycles. The molecule has 2 N–H and O–H groups in total. The number of anilines is 1. The Morgan fingerprint density at radius 1 is 1.44 bits per heavy atom. The van der Waals surface area contributed by atoms with Crippen molar-refractivity contribution in [3.8, 4) is 5.75 Å². The monoisotopic (exact) mass is 325 g/mol. The summed E-state index contributed by atoms with van der Waals surface area (Å²) >= 11 is 3.01. The Hall–Kier alpha value is -1.28. The molecule has 1 heterocycles. The minimum atomic E-state index is -5.10. The minimum Gasteiger partial charge on any atom is -0.495 e. The van der Waals surface area contributed by atoms with Crippen LogP contribution in [0, 0.1) is 0 Å². The highest BCUT2D eigenvalue weighted by atomic mass is 79.9. The van der Waals surface area contributed by atoms with Gasteiger partial charge in [0.2, 0.25) is 0 Å². The molecule has 0 aliphatic carbocycles. The highest BCUT2D eigenvalue weighted by Crippen LogP contribution is 2.49. The first-order valence-electron chi connectivity index (χ1n) is 4.70. The lowest BCUT2D eigenvalue weighted by Crippen LogP contribution is -2.47. The molecule has 0 spiro atoms. The van der Waals surface area contributed by atoms with Gasteiger partial charge in [0.1, 0.15) is 5.75 Å². The van der Waals surface area contributed by atoms with Crippen LogP contribution in [-0.2, 0) is 10.4 Å². The van der Waals surface area contributed by atoms with Crippen molar-refractivity contribution < 1.29 is 27.8 Å². The maximum absolute atomic E-state index is 12.8. The van der Waals surface area contributed by atoms with Crippen molar-refractivity contribution in [1.82, 2.24) is 0 Å². The van der Waals surface area contributed by atoms with Gasteiger partial charge in [0.05, 0.1) is 17.3 Å². The first-order chi connectivity index (χ1) is 8.21. The summed E-state index contributed by atoms with van der Waals surface area (Å²) in [5.74, 6) is -1.27. The Morgan fingerprint density at radius 2 is 2.06 bits per heavy atom. The van der Waals surface area contributed by atoms with Crippen molar-refractivity contribution >= 4 is 27.5 Å². The summed E-state index contributed by atoms with van der Waals surface area (Å²) in [4.78, 5) is 11.4. The summed E-state index contributed by atoms with van der Waals surface area (Å²) in [5, 5.41) is 11.6. The summed E-state index contributed by atoms with van der Waals surface area (Å²) in [5.41, 5.74) is -4.20. The van der Waals surface area contributed by atoms with Gasteiger partial charge in [0, 0.05) is 11.6 Å². The number of rotatable bonds is 1. The fraction of sp³-hybridized carbons (Fsp3) is 0.300. The Morgan fingerprint density at radius 3 is 2.56 bits per heavy atom. The normalized spacial score (nSPS) is 22.7. The molecule has 1 aromatic carbocycles. The van der Waals surface area contributed by atoms with E-state index >= 15 is 0 Å². The molecular formula is C10H7BrF3NO3. The smallest absolute Gasteiger partial charge is 0.430 e. The quantitative estimate of drug-likeness (QED) is 0.832. The van der Waals surface area contributed by atoms with Crippen LogP contribution >= 0.6 is 15.9 Å². The van der Waals surface area contributed by atoms with E-state index in [1.54, 1.807) is 0 Å². The summed E-state index contributed by atoms with van der Waals surface area (Å²) < 4.78 is 43.6. The van der Waals surface area contributed by atoms with Crippen molar-refractivity contribution in [2.45, 2.75) is 11.8 Å². The van der Waals surface area contributed by atoms with Crippen molar-refractivity contribution in [3.63, 3.8) is 0 Å². The number of aliphatic hydroxyl groups is 1. The van der Waals surface area contributed by atoms with Gasteiger partial charge in [-0.15, -0.1) is 0 Å². The maximum atomic E-state index is 12.8. The predicted molar refractivity (Wildman–Crippen MR) is 59.3 cm³/mol. The number of methoxy groups -OCH3 is 1. The SMILES string of the molecule is COc1cc2c(cc1Br)[C@@](O)(C(F)(F)F)C(=O)N2. The second-order valence-electron chi connectivity index (χ2n) is 3.69. The van der Waals surface area contributed by atoms with Crippen LogP contribution < -0.4 is 10.1 Å². The van der Waals surface area contributed by atoms with Crippen molar-refractivity contribution in [3.05, 3.63) is 22.2 Å². The predicted octanol–water partition coefficient (Wildman–Crippen LogP) is 2.16. The molecule has 98 valence electrons. The maximum Gasteiger partial charge on any atom is 0.430 e. The number of fused-ring (bicyclic) bond motifs is 1. The molecule has 2 rings (SSSR count). The molecular weight excluding hydrogens is 319 g/mol. The molecule has 0 aromatic heterocycles. The molecule has 0 unspecified atom stereocenters. The van der Waals surface area contributed by atoms with Gasteiger partial charge < -0.3 is 15.2 Å². The van der Waals surface area contributed by atoms with Crippen molar-refractivity contribution in [1.29, 1.82) is 0 Å². The van der Waals surface area contributed by atoms with E-state index in [2.05, 4.69) is 15.9 Å². The Bertz CT molecular complexity index is 532.